The molecule has 0 bridgehead atoms. The maximum Gasteiger partial charge on any atom is 0.203 e. The van der Waals surface area contributed by atoms with Gasteiger partial charge in [-0.2, -0.15) is 0 Å². The van der Waals surface area contributed by atoms with Crippen molar-refractivity contribution in [1.82, 2.24) is 5.32 Å². The quantitative estimate of drug-likeness (QED) is 0.698. The topological polar surface area (TPSA) is 65.7 Å². The molecule has 3 N–H and O–H groups in total. The van der Waals surface area contributed by atoms with Gasteiger partial charge in [0.05, 0.1) is 21.3 Å². The highest BCUT2D eigenvalue weighted by atomic mass is 16.5. The van der Waals surface area contributed by atoms with Crippen LogP contribution < -0.4 is 25.3 Å². The number of benzene rings is 1. The van der Waals surface area contributed by atoms with Gasteiger partial charge in [0.1, 0.15) is 0 Å². The fourth-order valence-corrected chi connectivity index (χ4v) is 1.94. The van der Waals surface area contributed by atoms with E-state index in [4.69, 9.17) is 19.9 Å². The first kappa shape index (κ1) is 15.3. The second-order valence-corrected chi connectivity index (χ2v) is 3.91. The first-order chi connectivity index (χ1) is 9.23. The number of nitrogens with one attached hydrogen (secondary N) is 1. The first-order valence-corrected chi connectivity index (χ1v) is 6.06. The average molecular weight is 266 g/mol. The van der Waals surface area contributed by atoms with Gasteiger partial charge < -0.3 is 25.3 Å². The van der Waals surface area contributed by atoms with Crippen LogP contribution in [0.5, 0.6) is 17.2 Å². The summed E-state index contributed by atoms with van der Waals surface area (Å²) in [5.41, 5.74) is 6.74. The molecule has 0 saturated carbocycles. The van der Waals surface area contributed by atoms with Crippen molar-refractivity contribution in [2.45, 2.75) is 6.04 Å². The summed E-state index contributed by atoms with van der Waals surface area (Å²) >= 11 is 0. The highest BCUT2D eigenvalue weighted by molar-refractivity contribution is 5.56. The highest BCUT2D eigenvalue weighted by Crippen LogP contribution is 2.41. The lowest BCUT2D eigenvalue weighted by molar-refractivity contribution is 0.319. The van der Waals surface area contributed by atoms with Gasteiger partial charge in [0.2, 0.25) is 5.75 Å². The van der Waals surface area contributed by atoms with Gasteiger partial charge in [0.25, 0.3) is 0 Å². The van der Waals surface area contributed by atoms with E-state index in [0.717, 1.165) is 5.56 Å². The number of methoxy groups -OCH3 is 3. The maximum atomic E-state index is 5.81. The Morgan fingerprint density at radius 2 is 1.89 bits per heavy atom. The standard InChI is InChI=1S/C14H22N2O3/c1-5-8-16-11(9-15)10-6-7-12(17-2)14(19-4)13(10)18-3/h5-7,11,16H,1,8-9,15H2,2-4H3. The Balaban J connectivity index is 3.21. The van der Waals surface area contributed by atoms with Crippen molar-refractivity contribution in [1.29, 1.82) is 0 Å². The van der Waals surface area contributed by atoms with Crippen molar-refractivity contribution in [2.24, 2.45) is 5.73 Å². The molecule has 0 spiro atoms. The van der Waals surface area contributed by atoms with Crippen molar-refractivity contribution < 1.29 is 14.2 Å². The maximum absolute atomic E-state index is 5.81. The van der Waals surface area contributed by atoms with Crippen LogP contribution in [0, 0.1) is 0 Å². The third-order valence-corrected chi connectivity index (χ3v) is 2.85. The molecule has 0 saturated heterocycles. The minimum atomic E-state index is -0.0345. The first-order valence-electron chi connectivity index (χ1n) is 6.06. The molecule has 1 atom stereocenters. The molecule has 0 aliphatic rings. The lowest BCUT2D eigenvalue weighted by atomic mass is 10.0. The zero-order chi connectivity index (χ0) is 14.3. The van der Waals surface area contributed by atoms with Gasteiger partial charge in [0, 0.05) is 24.7 Å². The smallest absolute Gasteiger partial charge is 0.203 e. The van der Waals surface area contributed by atoms with Crippen molar-refractivity contribution in [3.63, 3.8) is 0 Å². The summed E-state index contributed by atoms with van der Waals surface area (Å²) in [6.45, 7) is 4.80. The average Bonchev–Trinajstić information content (AvgIpc) is 2.46. The third kappa shape index (κ3) is 3.39. The molecule has 1 aromatic carbocycles. The third-order valence-electron chi connectivity index (χ3n) is 2.85. The van der Waals surface area contributed by atoms with Crippen LogP contribution in [-0.2, 0) is 0 Å². The molecule has 0 aliphatic carbocycles. The van der Waals surface area contributed by atoms with E-state index in [9.17, 15) is 0 Å². The van der Waals surface area contributed by atoms with Crippen LogP contribution >= 0.6 is 0 Å². The van der Waals surface area contributed by atoms with Crippen LogP contribution in [0.4, 0.5) is 0 Å². The molecule has 5 heteroatoms. The summed E-state index contributed by atoms with van der Waals surface area (Å²) in [5.74, 6) is 1.83. The Labute approximate surface area is 114 Å². The SMILES string of the molecule is C=CCNC(CN)c1ccc(OC)c(OC)c1OC. The molecule has 0 radical (unpaired) electrons. The highest BCUT2D eigenvalue weighted by Gasteiger charge is 2.20. The van der Waals surface area contributed by atoms with Gasteiger partial charge >= 0.3 is 0 Å². The second-order valence-electron chi connectivity index (χ2n) is 3.91. The van der Waals surface area contributed by atoms with Crippen LogP contribution in [0.3, 0.4) is 0 Å². The normalized spacial score (nSPS) is 11.8. The molecule has 1 unspecified atom stereocenters. The van der Waals surface area contributed by atoms with Crippen LogP contribution in [-0.4, -0.2) is 34.4 Å². The molecule has 0 aromatic heterocycles. The fraction of sp³-hybridized carbons (Fsp3) is 0.429. The van der Waals surface area contributed by atoms with E-state index in [1.54, 1.807) is 27.4 Å². The molecular weight excluding hydrogens is 244 g/mol. The molecule has 5 nitrogen and oxygen atoms in total. The second kappa shape index (κ2) is 7.66. The van der Waals surface area contributed by atoms with Crippen LogP contribution in [0.25, 0.3) is 0 Å². The Hall–Kier alpha value is -1.72. The van der Waals surface area contributed by atoms with Gasteiger partial charge in [-0.3, -0.25) is 0 Å². The molecule has 0 heterocycles. The van der Waals surface area contributed by atoms with Crippen LogP contribution in [0.1, 0.15) is 11.6 Å². The van der Waals surface area contributed by atoms with Gasteiger partial charge in [-0.25, -0.2) is 0 Å². The van der Waals surface area contributed by atoms with E-state index < -0.39 is 0 Å². The number of hydrogen-bond acceptors (Lipinski definition) is 5. The Kier molecular flexibility index (Phi) is 6.18. The largest absolute Gasteiger partial charge is 0.493 e. The van der Waals surface area contributed by atoms with Crippen molar-refractivity contribution in [2.75, 3.05) is 34.4 Å². The predicted molar refractivity (Wildman–Crippen MR) is 76.1 cm³/mol. The summed E-state index contributed by atoms with van der Waals surface area (Å²) in [6.07, 6.45) is 1.79. The zero-order valence-corrected chi connectivity index (χ0v) is 11.7. The van der Waals surface area contributed by atoms with Gasteiger partial charge in [-0.05, 0) is 12.1 Å². The number of hydrogen-bond donors (Lipinski definition) is 2. The van der Waals surface area contributed by atoms with Crippen molar-refractivity contribution in [3.05, 3.63) is 30.4 Å². The minimum Gasteiger partial charge on any atom is -0.493 e. The zero-order valence-electron chi connectivity index (χ0n) is 11.7. The van der Waals surface area contributed by atoms with E-state index in [-0.39, 0.29) is 6.04 Å². The van der Waals surface area contributed by atoms with Gasteiger partial charge in [-0.15, -0.1) is 6.58 Å². The van der Waals surface area contributed by atoms with E-state index in [1.165, 1.54) is 0 Å². The fourth-order valence-electron chi connectivity index (χ4n) is 1.94. The Morgan fingerprint density at radius 1 is 1.21 bits per heavy atom. The van der Waals surface area contributed by atoms with E-state index in [2.05, 4.69) is 11.9 Å². The van der Waals surface area contributed by atoms with Crippen molar-refractivity contribution in [3.8, 4) is 17.2 Å². The summed E-state index contributed by atoms with van der Waals surface area (Å²) in [6, 6.07) is 3.73. The Bertz CT molecular complexity index is 421. The molecular formula is C14H22N2O3. The summed E-state index contributed by atoms with van der Waals surface area (Å²) in [4.78, 5) is 0. The van der Waals surface area contributed by atoms with Crippen LogP contribution in [0.15, 0.2) is 24.8 Å². The molecule has 1 aromatic rings. The van der Waals surface area contributed by atoms with Gasteiger partial charge in [0.15, 0.2) is 11.5 Å². The molecule has 106 valence electrons. The monoisotopic (exact) mass is 266 g/mol. The van der Waals surface area contributed by atoms with E-state index in [0.29, 0.717) is 30.3 Å². The summed E-state index contributed by atoms with van der Waals surface area (Å²) in [7, 11) is 4.77. The van der Waals surface area contributed by atoms with Gasteiger partial charge in [-0.1, -0.05) is 6.08 Å². The van der Waals surface area contributed by atoms with E-state index >= 15 is 0 Å². The summed E-state index contributed by atoms with van der Waals surface area (Å²) in [5, 5.41) is 3.28. The number of nitrogens with two attached hydrogens (primary N) is 1. The van der Waals surface area contributed by atoms with E-state index in [1.807, 2.05) is 12.1 Å². The molecule has 0 fully saturated rings. The Morgan fingerprint density at radius 3 is 2.37 bits per heavy atom. The van der Waals surface area contributed by atoms with Crippen molar-refractivity contribution >= 4 is 0 Å². The molecule has 1 rings (SSSR count). The molecule has 19 heavy (non-hydrogen) atoms. The summed E-state index contributed by atoms with van der Waals surface area (Å²) < 4.78 is 16.1. The predicted octanol–water partition coefficient (Wildman–Crippen LogP) is 1.49. The molecule has 0 aliphatic heterocycles. The number of ether oxygens (including phenoxy) is 3. The minimum absolute atomic E-state index is 0.0345. The molecule has 0 amide bonds. The lowest BCUT2D eigenvalue weighted by Gasteiger charge is -2.21. The number of rotatable bonds is 8. The lowest BCUT2D eigenvalue weighted by Crippen LogP contribution is -2.28. The van der Waals surface area contributed by atoms with Crippen LogP contribution in [0.2, 0.25) is 0 Å².